The third-order valence-corrected chi connectivity index (χ3v) is 7.50. The van der Waals surface area contributed by atoms with Crippen molar-refractivity contribution in [3.05, 3.63) is 70.3 Å². The van der Waals surface area contributed by atoms with Crippen LogP contribution in [0, 0.1) is 6.92 Å². The predicted octanol–water partition coefficient (Wildman–Crippen LogP) is 4.91. The number of aryl methyl sites for hydroxylation is 2. The van der Waals surface area contributed by atoms with Gasteiger partial charge in [-0.1, -0.05) is 6.07 Å². The first kappa shape index (κ1) is 23.7. The third kappa shape index (κ3) is 4.19. The van der Waals surface area contributed by atoms with Crippen LogP contribution in [0.1, 0.15) is 57.2 Å². The Kier molecular flexibility index (Phi) is 5.59. The average Bonchev–Trinajstić information content (AvgIpc) is 3.63. The number of halogens is 3. The quantitative estimate of drug-likeness (QED) is 0.412. The van der Waals surface area contributed by atoms with Crippen molar-refractivity contribution < 1.29 is 18.0 Å². The van der Waals surface area contributed by atoms with Crippen LogP contribution in [0.25, 0.3) is 22.2 Å². The van der Waals surface area contributed by atoms with E-state index in [0.29, 0.717) is 13.0 Å². The number of aromatic nitrogens is 4. The molecule has 0 spiro atoms. The lowest BCUT2D eigenvalue weighted by Crippen LogP contribution is -2.37. The number of fused-ring (bicyclic) bond motifs is 2. The summed E-state index contributed by atoms with van der Waals surface area (Å²) in [5, 5.41) is 8.15. The van der Waals surface area contributed by atoms with Gasteiger partial charge in [-0.05, 0) is 72.7 Å². The minimum atomic E-state index is -4.69. The molecule has 0 aliphatic carbocycles. The second-order valence-electron chi connectivity index (χ2n) is 9.98. The summed E-state index contributed by atoms with van der Waals surface area (Å²) in [5.74, 6) is -0.641. The van der Waals surface area contributed by atoms with E-state index in [0.717, 1.165) is 74.7 Å². The maximum Gasteiger partial charge on any atom is 0.435 e. The molecular formula is C27H27F3N6O. The number of rotatable bonds is 3. The number of pyridine rings is 1. The molecule has 4 aromatic rings. The SMILES string of the molecule is Cc1c[nH]c2ncc(-c3cc4c(c([C@@H]5CCCN5)c3)CN(C(=O)c3cn(C)nc3C(F)(F)F)CC4)cc12. The molecule has 2 aliphatic rings. The van der Waals surface area contributed by atoms with Crippen LogP contribution in [0.4, 0.5) is 13.2 Å². The molecule has 0 unspecified atom stereocenters. The standard InChI is InChI=1S/C27H27F3N6O/c1-15-11-32-25-19(15)10-18(12-33-25)17-8-16-5-7-36(14-21(16)20(9-17)23-4-3-6-31-23)26(37)22-13-35(2)34-24(22)27(28,29)30/h8-13,23,31H,3-7,14H2,1-2H3,(H,32,33)/t23-/m0/s1. The molecule has 3 aromatic heterocycles. The highest BCUT2D eigenvalue weighted by molar-refractivity contribution is 5.95. The Labute approximate surface area is 211 Å². The fraction of sp³-hybridized carbons (Fsp3) is 0.370. The maximum atomic E-state index is 13.5. The van der Waals surface area contributed by atoms with Crippen molar-refractivity contribution in [3.8, 4) is 11.1 Å². The van der Waals surface area contributed by atoms with Crippen molar-refractivity contribution in [3.63, 3.8) is 0 Å². The van der Waals surface area contributed by atoms with Crippen molar-refractivity contribution in [1.82, 2.24) is 30.0 Å². The maximum absolute atomic E-state index is 13.5. The summed E-state index contributed by atoms with van der Waals surface area (Å²) in [7, 11) is 1.39. The number of H-pyrrole nitrogens is 1. The fourth-order valence-corrected chi connectivity index (χ4v) is 5.62. The highest BCUT2D eigenvalue weighted by atomic mass is 19.4. The average molecular weight is 509 g/mol. The van der Waals surface area contributed by atoms with Crippen LogP contribution in [0.2, 0.25) is 0 Å². The molecule has 2 aliphatic heterocycles. The summed E-state index contributed by atoms with van der Waals surface area (Å²) < 4.78 is 41.7. The topological polar surface area (TPSA) is 78.8 Å². The Hall–Kier alpha value is -3.66. The summed E-state index contributed by atoms with van der Waals surface area (Å²) in [4.78, 5) is 22.6. The Morgan fingerprint density at radius 1 is 1.19 bits per heavy atom. The summed E-state index contributed by atoms with van der Waals surface area (Å²) in [6.07, 6.45) is 2.86. The number of nitrogens with one attached hydrogen (secondary N) is 2. The Morgan fingerprint density at radius 2 is 2.03 bits per heavy atom. The van der Waals surface area contributed by atoms with Crippen molar-refractivity contribution in [2.45, 2.75) is 44.9 Å². The first-order valence-corrected chi connectivity index (χ1v) is 12.4. The Morgan fingerprint density at radius 3 is 2.78 bits per heavy atom. The number of hydrogen-bond donors (Lipinski definition) is 2. The van der Waals surface area contributed by atoms with Gasteiger partial charge in [0.2, 0.25) is 0 Å². The number of aromatic amines is 1. The van der Waals surface area contributed by atoms with Gasteiger partial charge in [0.1, 0.15) is 5.65 Å². The van der Waals surface area contributed by atoms with Crippen LogP contribution in [0.5, 0.6) is 0 Å². The number of alkyl halides is 3. The molecular weight excluding hydrogens is 481 g/mol. The normalized spacial score (nSPS) is 18.0. The zero-order valence-corrected chi connectivity index (χ0v) is 20.6. The first-order chi connectivity index (χ1) is 17.7. The monoisotopic (exact) mass is 508 g/mol. The third-order valence-electron chi connectivity index (χ3n) is 7.50. The van der Waals surface area contributed by atoms with Crippen LogP contribution in [0.3, 0.4) is 0 Å². The Bertz CT molecular complexity index is 1510. The fourth-order valence-electron chi connectivity index (χ4n) is 5.62. The molecule has 1 fully saturated rings. The lowest BCUT2D eigenvalue weighted by molar-refractivity contribution is -0.141. The molecule has 6 rings (SSSR count). The second-order valence-corrected chi connectivity index (χ2v) is 9.98. The van der Waals surface area contributed by atoms with E-state index >= 15 is 0 Å². The van der Waals surface area contributed by atoms with E-state index in [4.69, 9.17) is 0 Å². The van der Waals surface area contributed by atoms with Gasteiger partial charge >= 0.3 is 6.18 Å². The lowest BCUT2D eigenvalue weighted by Gasteiger charge is -2.32. The van der Waals surface area contributed by atoms with Gasteiger partial charge in [-0.15, -0.1) is 0 Å². The summed E-state index contributed by atoms with van der Waals surface area (Å²) >= 11 is 0. The molecule has 0 radical (unpaired) electrons. The van der Waals surface area contributed by atoms with E-state index < -0.39 is 23.3 Å². The molecule has 1 saturated heterocycles. The molecule has 10 heteroatoms. The molecule has 7 nitrogen and oxygen atoms in total. The van der Waals surface area contributed by atoms with Crippen LogP contribution >= 0.6 is 0 Å². The van der Waals surface area contributed by atoms with Gasteiger partial charge in [0.25, 0.3) is 5.91 Å². The van der Waals surface area contributed by atoms with Crippen LogP contribution in [-0.4, -0.2) is 43.6 Å². The zero-order valence-electron chi connectivity index (χ0n) is 20.6. The van der Waals surface area contributed by atoms with Crippen LogP contribution in [-0.2, 0) is 26.2 Å². The molecule has 5 heterocycles. The van der Waals surface area contributed by atoms with Crippen molar-refractivity contribution in [2.75, 3.05) is 13.1 Å². The number of carbonyl (C=O) groups is 1. The molecule has 0 saturated carbocycles. The van der Waals surface area contributed by atoms with E-state index in [1.54, 1.807) is 0 Å². The largest absolute Gasteiger partial charge is 0.435 e. The summed E-state index contributed by atoms with van der Waals surface area (Å²) in [6.45, 7) is 3.56. The van der Waals surface area contributed by atoms with Crippen molar-refractivity contribution in [2.24, 2.45) is 7.05 Å². The number of nitrogens with zero attached hydrogens (tertiary/aromatic N) is 4. The minimum Gasteiger partial charge on any atom is -0.346 e. The van der Waals surface area contributed by atoms with Crippen LogP contribution in [0.15, 0.2) is 36.8 Å². The van der Waals surface area contributed by atoms with Gasteiger partial charge in [0, 0.05) is 55.7 Å². The molecule has 1 atom stereocenters. The van der Waals surface area contributed by atoms with E-state index in [1.807, 2.05) is 19.3 Å². The molecule has 2 N–H and O–H groups in total. The zero-order chi connectivity index (χ0) is 25.9. The molecule has 37 heavy (non-hydrogen) atoms. The van der Waals surface area contributed by atoms with Gasteiger partial charge < -0.3 is 15.2 Å². The number of carbonyl (C=O) groups excluding carboxylic acids is 1. The van der Waals surface area contributed by atoms with Gasteiger partial charge in [-0.3, -0.25) is 9.48 Å². The molecule has 1 amide bonds. The van der Waals surface area contributed by atoms with Gasteiger partial charge in [0.05, 0.1) is 5.56 Å². The minimum absolute atomic E-state index is 0.138. The van der Waals surface area contributed by atoms with E-state index in [9.17, 15) is 18.0 Å². The smallest absolute Gasteiger partial charge is 0.346 e. The predicted molar refractivity (Wildman–Crippen MR) is 133 cm³/mol. The lowest BCUT2D eigenvalue weighted by atomic mass is 9.87. The number of hydrogen-bond acceptors (Lipinski definition) is 4. The highest BCUT2D eigenvalue weighted by Crippen LogP contribution is 2.37. The second kappa shape index (κ2) is 8.72. The summed E-state index contributed by atoms with van der Waals surface area (Å²) in [6, 6.07) is 6.58. The highest BCUT2D eigenvalue weighted by Gasteiger charge is 2.40. The number of benzene rings is 1. The van der Waals surface area contributed by atoms with Gasteiger partial charge in [-0.25, -0.2) is 4.98 Å². The van der Waals surface area contributed by atoms with Crippen molar-refractivity contribution in [1.29, 1.82) is 0 Å². The van der Waals surface area contributed by atoms with Crippen molar-refractivity contribution >= 4 is 16.9 Å². The molecule has 192 valence electrons. The summed E-state index contributed by atoms with van der Waals surface area (Å²) in [5.41, 5.74) is 5.76. The molecule has 1 aromatic carbocycles. The van der Waals surface area contributed by atoms with Crippen LogP contribution < -0.4 is 5.32 Å². The van der Waals surface area contributed by atoms with E-state index in [2.05, 4.69) is 38.6 Å². The Balaban J connectivity index is 1.39. The number of amides is 1. The van der Waals surface area contributed by atoms with Gasteiger partial charge in [0.15, 0.2) is 5.69 Å². The van der Waals surface area contributed by atoms with Gasteiger partial charge in [-0.2, -0.15) is 18.3 Å². The van der Waals surface area contributed by atoms with E-state index in [-0.39, 0.29) is 12.6 Å². The molecule has 0 bridgehead atoms. The van der Waals surface area contributed by atoms with E-state index in [1.165, 1.54) is 11.9 Å². The first-order valence-electron chi connectivity index (χ1n) is 12.4.